The second-order valence-electron chi connectivity index (χ2n) is 5.36. The number of carboxylic acid groups (broad SMARTS) is 1. The Balaban J connectivity index is 2.94. The summed E-state index contributed by atoms with van der Waals surface area (Å²) in [5.41, 5.74) is 0. The molecule has 1 fully saturated rings. The number of nitrogens with zero attached hydrogens (tertiary/aromatic N) is 2. The average molecular weight is 308 g/mol. The second-order valence-corrected chi connectivity index (χ2v) is 5.36. The largest absolute Gasteiger partial charge is 0.480 e. The van der Waals surface area contributed by atoms with E-state index < -0.39 is 55.2 Å². The molecule has 1 aliphatic rings. The van der Waals surface area contributed by atoms with Crippen molar-refractivity contribution in [2.24, 2.45) is 11.2 Å². The van der Waals surface area contributed by atoms with Crippen molar-refractivity contribution in [3.05, 3.63) is 4.91 Å². The van der Waals surface area contributed by atoms with E-state index in [1.165, 1.54) is 13.8 Å². The van der Waals surface area contributed by atoms with Crippen LogP contribution in [0.3, 0.4) is 0 Å². The zero-order valence-electron chi connectivity index (χ0n) is 11.7. The maximum Gasteiger partial charge on any atom is 0.328 e. The number of ether oxygens (including phenoxy) is 1. The summed E-state index contributed by atoms with van der Waals surface area (Å²) in [6, 6.07) is -1.34. The van der Waals surface area contributed by atoms with Gasteiger partial charge >= 0.3 is 5.97 Å². The Morgan fingerprint density at radius 1 is 1.43 bits per heavy atom. The Kier molecular flexibility index (Phi) is 5.59. The van der Waals surface area contributed by atoms with Gasteiger partial charge in [0.15, 0.2) is 0 Å². The molecule has 21 heavy (non-hydrogen) atoms. The van der Waals surface area contributed by atoms with Gasteiger partial charge in [0.1, 0.15) is 24.4 Å². The number of carboxylic acids is 1. The van der Waals surface area contributed by atoms with Crippen LogP contribution in [0.25, 0.3) is 0 Å². The molecule has 1 rings (SSSR count). The Morgan fingerprint density at radius 2 is 2.00 bits per heavy atom. The van der Waals surface area contributed by atoms with Gasteiger partial charge in [0.2, 0.25) is 5.79 Å². The maximum atomic E-state index is 11.2. The number of hydrogen-bond acceptors (Lipinski definition) is 8. The van der Waals surface area contributed by atoms with Crippen LogP contribution in [0.5, 0.6) is 0 Å². The molecule has 1 heterocycles. The van der Waals surface area contributed by atoms with E-state index in [2.05, 4.69) is 5.29 Å². The number of aliphatic carboxylic acids is 1. The van der Waals surface area contributed by atoms with Gasteiger partial charge in [0.05, 0.1) is 18.4 Å². The molecule has 0 unspecified atom stereocenters. The monoisotopic (exact) mass is 308 g/mol. The number of carbonyl (C=O) groups is 1. The van der Waals surface area contributed by atoms with Crippen molar-refractivity contribution >= 4 is 5.97 Å². The lowest BCUT2D eigenvalue weighted by molar-refractivity contribution is -0.326. The SMILES string of the molecule is CC(C)[C@H](C(=O)O)N(C[C@]1(O)OC[C@@H](O)[C@@H](O)[C@H]1O)N=O. The van der Waals surface area contributed by atoms with Crippen LogP contribution in [0.15, 0.2) is 5.29 Å². The molecule has 0 radical (unpaired) electrons. The first kappa shape index (κ1) is 17.7. The van der Waals surface area contributed by atoms with E-state index >= 15 is 0 Å². The average Bonchev–Trinajstić information content (AvgIpc) is 2.39. The fourth-order valence-corrected chi connectivity index (χ4v) is 2.20. The summed E-state index contributed by atoms with van der Waals surface area (Å²) in [5, 5.41) is 51.0. The maximum absolute atomic E-state index is 11.2. The molecule has 0 amide bonds. The molecule has 5 N–H and O–H groups in total. The van der Waals surface area contributed by atoms with Gasteiger partial charge in [-0.1, -0.05) is 13.8 Å². The molecule has 0 spiro atoms. The van der Waals surface area contributed by atoms with Crippen LogP contribution in [0.4, 0.5) is 0 Å². The van der Waals surface area contributed by atoms with Crippen molar-refractivity contribution in [2.75, 3.05) is 13.2 Å². The second kappa shape index (κ2) is 6.62. The van der Waals surface area contributed by atoms with Gasteiger partial charge in [-0.15, -0.1) is 4.91 Å². The van der Waals surface area contributed by atoms with Gasteiger partial charge in [0.25, 0.3) is 0 Å². The van der Waals surface area contributed by atoms with Crippen LogP contribution in [0, 0.1) is 10.8 Å². The Hall–Kier alpha value is -1.33. The van der Waals surface area contributed by atoms with Crippen LogP contribution in [-0.2, 0) is 9.53 Å². The van der Waals surface area contributed by atoms with E-state index in [4.69, 9.17) is 9.84 Å². The van der Waals surface area contributed by atoms with Crippen LogP contribution in [0.1, 0.15) is 13.8 Å². The third-order valence-corrected chi connectivity index (χ3v) is 3.38. The standard InChI is InChI=1S/C11H20N2O8/c1-5(2)7(10(17)18)13(12-20)4-11(19)9(16)8(15)6(14)3-21-11/h5-9,14-16,19H,3-4H2,1-2H3,(H,17,18)/t6-,7-,8-,9-,11+/m1/s1. The first-order chi connectivity index (χ1) is 9.64. The predicted molar refractivity (Wildman–Crippen MR) is 67.7 cm³/mol. The summed E-state index contributed by atoms with van der Waals surface area (Å²) in [6.45, 7) is 1.83. The summed E-state index contributed by atoms with van der Waals surface area (Å²) >= 11 is 0. The quantitative estimate of drug-likeness (QED) is 0.273. The highest BCUT2D eigenvalue weighted by Crippen LogP contribution is 2.26. The lowest BCUT2D eigenvalue weighted by atomic mass is 9.95. The molecule has 1 aliphatic heterocycles. The van der Waals surface area contributed by atoms with Crippen LogP contribution >= 0.6 is 0 Å². The fraction of sp³-hybridized carbons (Fsp3) is 0.909. The van der Waals surface area contributed by atoms with Gasteiger partial charge in [-0.25, -0.2) is 9.80 Å². The van der Waals surface area contributed by atoms with Crippen molar-refractivity contribution in [1.29, 1.82) is 0 Å². The molecule has 0 aromatic heterocycles. The third kappa shape index (κ3) is 3.66. The highest BCUT2D eigenvalue weighted by Gasteiger charge is 2.51. The molecule has 0 saturated carbocycles. The summed E-state index contributed by atoms with van der Waals surface area (Å²) in [7, 11) is 0. The molecule has 10 heteroatoms. The minimum atomic E-state index is -2.42. The predicted octanol–water partition coefficient (Wildman–Crippen LogP) is -2.12. The lowest BCUT2D eigenvalue weighted by Crippen LogP contribution is -2.65. The minimum absolute atomic E-state index is 0.485. The van der Waals surface area contributed by atoms with Crippen LogP contribution < -0.4 is 0 Å². The molecule has 0 aromatic carbocycles. The van der Waals surface area contributed by atoms with E-state index in [1.807, 2.05) is 0 Å². The van der Waals surface area contributed by atoms with Gasteiger partial charge in [0, 0.05) is 0 Å². The van der Waals surface area contributed by atoms with E-state index in [0.717, 1.165) is 0 Å². The fourth-order valence-electron chi connectivity index (χ4n) is 2.20. The highest BCUT2D eigenvalue weighted by molar-refractivity contribution is 5.73. The first-order valence-corrected chi connectivity index (χ1v) is 6.37. The summed E-state index contributed by atoms with van der Waals surface area (Å²) < 4.78 is 4.86. The number of rotatable bonds is 6. The van der Waals surface area contributed by atoms with Gasteiger partial charge in [-0.2, -0.15) is 0 Å². The van der Waals surface area contributed by atoms with Crippen LogP contribution in [-0.4, -0.2) is 79.8 Å². The Morgan fingerprint density at radius 3 is 2.43 bits per heavy atom. The smallest absolute Gasteiger partial charge is 0.328 e. The summed E-state index contributed by atoms with van der Waals surface area (Å²) in [4.78, 5) is 22.0. The minimum Gasteiger partial charge on any atom is -0.480 e. The van der Waals surface area contributed by atoms with Gasteiger partial charge in [-0.3, -0.25) is 0 Å². The number of aliphatic hydroxyl groups is 4. The number of nitroso groups, excluding NO2 is 1. The zero-order chi connectivity index (χ0) is 16.4. The molecule has 5 atom stereocenters. The van der Waals surface area contributed by atoms with Crippen molar-refractivity contribution in [2.45, 2.75) is 44.0 Å². The molecular weight excluding hydrogens is 288 g/mol. The Bertz CT molecular complexity index is 392. The molecule has 0 aromatic rings. The number of hydrogen-bond donors (Lipinski definition) is 5. The molecule has 122 valence electrons. The highest BCUT2D eigenvalue weighted by atomic mass is 16.6. The van der Waals surface area contributed by atoms with Crippen molar-refractivity contribution in [3.63, 3.8) is 0 Å². The van der Waals surface area contributed by atoms with E-state index in [-0.39, 0.29) is 0 Å². The van der Waals surface area contributed by atoms with Gasteiger partial charge in [-0.05, 0) is 5.92 Å². The van der Waals surface area contributed by atoms with Crippen molar-refractivity contribution in [3.8, 4) is 0 Å². The van der Waals surface area contributed by atoms with E-state index in [1.54, 1.807) is 0 Å². The lowest BCUT2D eigenvalue weighted by Gasteiger charge is -2.43. The number of aliphatic hydroxyl groups excluding tert-OH is 3. The molecule has 0 aliphatic carbocycles. The van der Waals surface area contributed by atoms with E-state index in [9.17, 15) is 30.1 Å². The summed E-state index contributed by atoms with van der Waals surface area (Å²) in [6.07, 6.45) is -5.02. The normalized spacial score (nSPS) is 34.5. The molecule has 0 bridgehead atoms. The van der Waals surface area contributed by atoms with Crippen LogP contribution in [0.2, 0.25) is 0 Å². The zero-order valence-corrected chi connectivity index (χ0v) is 11.7. The summed E-state index contributed by atoms with van der Waals surface area (Å²) in [5.74, 6) is -4.27. The van der Waals surface area contributed by atoms with E-state index in [0.29, 0.717) is 5.01 Å². The van der Waals surface area contributed by atoms with Gasteiger partial charge < -0.3 is 30.3 Å². The first-order valence-electron chi connectivity index (χ1n) is 6.37. The molecule has 1 saturated heterocycles. The van der Waals surface area contributed by atoms with Crippen molar-refractivity contribution in [1.82, 2.24) is 5.01 Å². The van der Waals surface area contributed by atoms with Crippen molar-refractivity contribution < 1.29 is 35.1 Å². The topological polar surface area (TPSA) is 160 Å². The molecular formula is C11H20N2O8. The molecule has 10 nitrogen and oxygen atoms in total. The Labute approximate surface area is 120 Å². The third-order valence-electron chi connectivity index (χ3n) is 3.38.